The Bertz CT molecular complexity index is 766. The van der Waals surface area contributed by atoms with Crippen LogP contribution in [0.15, 0.2) is 59.1 Å². The average Bonchev–Trinajstić information content (AvgIpc) is 3.03. The van der Waals surface area contributed by atoms with Crippen LogP contribution in [0.3, 0.4) is 0 Å². The van der Waals surface area contributed by atoms with E-state index in [0.717, 1.165) is 5.56 Å². The van der Waals surface area contributed by atoms with Crippen molar-refractivity contribution in [3.8, 4) is 17.1 Å². The molecule has 0 amide bonds. The van der Waals surface area contributed by atoms with Crippen molar-refractivity contribution in [2.75, 3.05) is 0 Å². The van der Waals surface area contributed by atoms with E-state index in [2.05, 4.69) is 10.1 Å². The number of aromatic hydroxyl groups is 1. The molecular formula is C16H12N2O4. The highest BCUT2D eigenvalue weighted by molar-refractivity contribution is 5.89. The minimum absolute atomic E-state index is 0.0842. The van der Waals surface area contributed by atoms with Crippen LogP contribution in [0.1, 0.15) is 16.2 Å². The summed E-state index contributed by atoms with van der Waals surface area (Å²) in [6.45, 7) is -0.112. The molecule has 0 spiro atoms. The van der Waals surface area contributed by atoms with Crippen molar-refractivity contribution < 1.29 is 19.2 Å². The number of esters is 1. The van der Waals surface area contributed by atoms with Crippen LogP contribution in [-0.4, -0.2) is 21.2 Å². The van der Waals surface area contributed by atoms with Crippen molar-refractivity contribution in [1.29, 1.82) is 0 Å². The van der Waals surface area contributed by atoms with Gasteiger partial charge in [-0.1, -0.05) is 35.5 Å². The highest BCUT2D eigenvalue weighted by atomic mass is 16.6. The zero-order valence-corrected chi connectivity index (χ0v) is 11.5. The van der Waals surface area contributed by atoms with Crippen molar-refractivity contribution >= 4 is 5.97 Å². The monoisotopic (exact) mass is 296 g/mol. The van der Waals surface area contributed by atoms with Gasteiger partial charge >= 0.3 is 5.97 Å². The lowest BCUT2D eigenvalue weighted by molar-refractivity contribution is 0.0430. The Morgan fingerprint density at radius 3 is 2.55 bits per heavy atom. The number of carbonyl (C=O) groups excluding carboxylic acids is 1. The van der Waals surface area contributed by atoms with Crippen LogP contribution in [0.25, 0.3) is 11.4 Å². The zero-order chi connectivity index (χ0) is 15.4. The number of hydrogen-bond acceptors (Lipinski definition) is 6. The molecule has 0 unspecified atom stereocenters. The topological polar surface area (TPSA) is 85.5 Å². The van der Waals surface area contributed by atoms with Gasteiger partial charge in [0.15, 0.2) is 6.61 Å². The van der Waals surface area contributed by atoms with Crippen LogP contribution < -0.4 is 0 Å². The lowest BCUT2D eigenvalue weighted by atomic mass is 10.2. The fourth-order valence-corrected chi connectivity index (χ4v) is 1.83. The Morgan fingerprint density at radius 2 is 1.82 bits per heavy atom. The Kier molecular flexibility index (Phi) is 3.82. The molecule has 1 aromatic heterocycles. The highest BCUT2D eigenvalue weighted by Gasteiger charge is 2.12. The first-order valence-corrected chi connectivity index (χ1v) is 6.56. The quantitative estimate of drug-likeness (QED) is 0.745. The third kappa shape index (κ3) is 3.12. The third-order valence-electron chi connectivity index (χ3n) is 2.93. The van der Waals surface area contributed by atoms with E-state index in [1.54, 1.807) is 0 Å². The Morgan fingerprint density at radius 1 is 1.09 bits per heavy atom. The molecule has 0 fully saturated rings. The molecule has 0 bridgehead atoms. The van der Waals surface area contributed by atoms with Crippen LogP contribution in [0.4, 0.5) is 0 Å². The van der Waals surface area contributed by atoms with Crippen LogP contribution >= 0.6 is 0 Å². The third-order valence-corrected chi connectivity index (χ3v) is 2.93. The molecule has 0 atom stereocenters. The van der Waals surface area contributed by atoms with Gasteiger partial charge < -0.3 is 14.4 Å². The van der Waals surface area contributed by atoms with Crippen molar-refractivity contribution in [1.82, 2.24) is 10.1 Å². The van der Waals surface area contributed by atoms with E-state index in [1.165, 1.54) is 24.3 Å². The van der Waals surface area contributed by atoms with Gasteiger partial charge in [0.05, 0.1) is 5.56 Å². The van der Waals surface area contributed by atoms with E-state index in [1.807, 2.05) is 30.3 Å². The lowest BCUT2D eigenvalue weighted by Gasteiger charge is -2.01. The van der Waals surface area contributed by atoms with Gasteiger partial charge in [-0.05, 0) is 24.3 Å². The Balaban J connectivity index is 1.64. The van der Waals surface area contributed by atoms with Gasteiger partial charge in [0, 0.05) is 5.56 Å². The second kappa shape index (κ2) is 6.09. The van der Waals surface area contributed by atoms with Crippen LogP contribution in [-0.2, 0) is 11.3 Å². The summed E-state index contributed by atoms with van der Waals surface area (Å²) in [6.07, 6.45) is 0. The molecule has 3 aromatic rings. The minimum atomic E-state index is -0.528. The highest BCUT2D eigenvalue weighted by Crippen LogP contribution is 2.16. The molecule has 110 valence electrons. The summed E-state index contributed by atoms with van der Waals surface area (Å²) in [5.74, 6) is 0.211. The fourth-order valence-electron chi connectivity index (χ4n) is 1.83. The van der Waals surface area contributed by atoms with Crippen LogP contribution in [0, 0.1) is 0 Å². The standard InChI is InChI=1S/C16H12N2O4/c19-13-8-6-12(7-9-13)16(20)21-10-14-17-15(18-22-14)11-4-2-1-3-5-11/h1-9,19H,10H2. The summed E-state index contributed by atoms with van der Waals surface area (Å²) < 4.78 is 10.1. The molecule has 0 saturated heterocycles. The first-order valence-electron chi connectivity index (χ1n) is 6.56. The van der Waals surface area contributed by atoms with Gasteiger partial charge in [-0.15, -0.1) is 0 Å². The maximum Gasteiger partial charge on any atom is 0.338 e. The summed E-state index contributed by atoms with van der Waals surface area (Å²) in [7, 11) is 0. The second-order valence-corrected chi connectivity index (χ2v) is 4.50. The maximum absolute atomic E-state index is 11.8. The summed E-state index contributed by atoms with van der Waals surface area (Å²) in [5.41, 5.74) is 1.16. The first kappa shape index (κ1) is 13.8. The average molecular weight is 296 g/mol. The molecule has 0 radical (unpaired) electrons. The van der Waals surface area contributed by atoms with Crippen molar-refractivity contribution in [3.63, 3.8) is 0 Å². The normalized spacial score (nSPS) is 10.4. The molecule has 0 aliphatic carbocycles. The first-order chi connectivity index (χ1) is 10.7. The smallest absolute Gasteiger partial charge is 0.338 e. The van der Waals surface area contributed by atoms with Gasteiger partial charge in [0.2, 0.25) is 5.82 Å². The van der Waals surface area contributed by atoms with E-state index in [4.69, 9.17) is 9.26 Å². The zero-order valence-electron chi connectivity index (χ0n) is 11.5. The number of hydrogen-bond donors (Lipinski definition) is 1. The predicted octanol–water partition coefficient (Wildman–Crippen LogP) is 2.80. The number of aromatic nitrogens is 2. The molecular weight excluding hydrogens is 284 g/mol. The summed E-state index contributed by atoms with van der Waals surface area (Å²) in [6, 6.07) is 15.1. The van der Waals surface area contributed by atoms with Gasteiger partial charge in [0.25, 0.3) is 5.89 Å². The largest absolute Gasteiger partial charge is 0.508 e. The molecule has 0 aliphatic rings. The van der Waals surface area contributed by atoms with E-state index >= 15 is 0 Å². The number of ether oxygens (including phenoxy) is 1. The molecule has 1 N–H and O–H groups in total. The Labute approximate surface area is 126 Å². The minimum Gasteiger partial charge on any atom is -0.508 e. The molecule has 2 aromatic carbocycles. The van der Waals surface area contributed by atoms with Gasteiger partial charge in [-0.25, -0.2) is 4.79 Å². The van der Waals surface area contributed by atoms with Crippen molar-refractivity contribution in [3.05, 3.63) is 66.1 Å². The molecule has 0 saturated carbocycles. The Hall–Kier alpha value is -3.15. The number of benzene rings is 2. The molecule has 1 heterocycles. The summed E-state index contributed by atoms with van der Waals surface area (Å²) in [4.78, 5) is 16.0. The number of phenolic OH excluding ortho intramolecular Hbond substituents is 1. The lowest BCUT2D eigenvalue weighted by Crippen LogP contribution is -2.05. The predicted molar refractivity (Wildman–Crippen MR) is 77.0 cm³/mol. The summed E-state index contributed by atoms with van der Waals surface area (Å²) >= 11 is 0. The molecule has 6 nitrogen and oxygen atoms in total. The number of phenols is 1. The SMILES string of the molecule is O=C(OCc1nc(-c2ccccc2)no1)c1ccc(O)cc1. The van der Waals surface area contributed by atoms with E-state index in [9.17, 15) is 9.90 Å². The van der Waals surface area contributed by atoms with Gasteiger partial charge in [-0.3, -0.25) is 0 Å². The second-order valence-electron chi connectivity index (χ2n) is 4.50. The molecule has 22 heavy (non-hydrogen) atoms. The van der Waals surface area contributed by atoms with Gasteiger partial charge in [0.1, 0.15) is 5.75 Å². The summed E-state index contributed by atoms with van der Waals surface area (Å²) in [5, 5.41) is 13.0. The number of rotatable bonds is 4. The molecule has 3 rings (SSSR count). The number of nitrogens with zero attached hydrogens (tertiary/aromatic N) is 2. The van der Waals surface area contributed by atoms with E-state index in [0.29, 0.717) is 11.4 Å². The maximum atomic E-state index is 11.8. The molecule has 6 heteroatoms. The van der Waals surface area contributed by atoms with Crippen molar-refractivity contribution in [2.24, 2.45) is 0 Å². The van der Waals surface area contributed by atoms with E-state index < -0.39 is 5.97 Å². The fraction of sp³-hybridized carbons (Fsp3) is 0.0625. The van der Waals surface area contributed by atoms with Crippen LogP contribution in [0.2, 0.25) is 0 Å². The van der Waals surface area contributed by atoms with Crippen LogP contribution in [0.5, 0.6) is 5.75 Å². The molecule has 0 aliphatic heterocycles. The van der Waals surface area contributed by atoms with Crippen molar-refractivity contribution in [2.45, 2.75) is 6.61 Å². The van der Waals surface area contributed by atoms with E-state index in [-0.39, 0.29) is 18.2 Å². The number of carbonyl (C=O) groups is 1. The van der Waals surface area contributed by atoms with Gasteiger partial charge in [-0.2, -0.15) is 4.98 Å².